The monoisotopic (exact) mass is 239 g/mol. The zero-order chi connectivity index (χ0) is 12.7. The van der Waals surface area contributed by atoms with Crippen LogP contribution in [0.1, 0.15) is 72.6 Å². The van der Waals surface area contributed by atoms with Gasteiger partial charge in [-0.15, -0.1) is 0 Å². The Balaban J connectivity index is 2.20. The van der Waals surface area contributed by atoms with Gasteiger partial charge in [-0.05, 0) is 56.4 Å². The van der Waals surface area contributed by atoms with E-state index < -0.39 is 0 Å². The summed E-state index contributed by atoms with van der Waals surface area (Å²) in [6.07, 6.45) is 9.81. The molecule has 0 heterocycles. The molecule has 4 unspecified atom stereocenters. The van der Waals surface area contributed by atoms with Gasteiger partial charge in [0.1, 0.15) is 0 Å². The van der Waals surface area contributed by atoms with Gasteiger partial charge < -0.3 is 5.32 Å². The highest BCUT2D eigenvalue weighted by atomic mass is 14.9. The molecule has 1 rings (SSSR count). The third kappa shape index (κ3) is 5.42. The standard InChI is InChI=1S/C16H33N/c1-5-11-17-16(6-2)10-9-15-8-7-13(3)14(4)12-15/h13-17H,5-12H2,1-4H3. The van der Waals surface area contributed by atoms with E-state index in [1.165, 1.54) is 51.5 Å². The van der Waals surface area contributed by atoms with E-state index in [1.807, 2.05) is 0 Å². The average Bonchev–Trinajstić information content (AvgIpc) is 2.34. The second kappa shape index (κ2) is 8.13. The molecule has 1 saturated carbocycles. The molecule has 1 fully saturated rings. The van der Waals surface area contributed by atoms with Crippen molar-refractivity contribution >= 4 is 0 Å². The smallest absolute Gasteiger partial charge is 0.00645 e. The summed E-state index contributed by atoms with van der Waals surface area (Å²) in [7, 11) is 0. The van der Waals surface area contributed by atoms with Crippen molar-refractivity contribution in [1.82, 2.24) is 5.32 Å². The van der Waals surface area contributed by atoms with Crippen LogP contribution in [0, 0.1) is 17.8 Å². The lowest BCUT2D eigenvalue weighted by Crippen LogP contribution is -2.30. The fourth-order valence-electron chi connectivity index (χ4n) is 3.16. The summed E-state index contributed by atoms with van der Waals surface area (Å²) in [5, 5.41) is 3.68. The molecule has 0 radical (unpaired) electrons. The second-order valence-corrected chi connectivity index (χ2v) is 6.27. The van der Waals surface area contributed by atoms with Crippen molar-refractivity contribution in [3.63, 3.8) is 0 Å². The molecule has 1 aliphatic rings. The SMILES string of the molecule is CCCNC(CC)CCC1CCC(C)C(C)C1. The number of rotatable bonds is 7. The molecule has 0 aliphatic heterocycles. The predicted molar refractivity (Wildman–Crippen MR) is 77.3 cm³/mol. The maximum Gasteiger partial charge on any atom is 0.00645 e. The molecule has 0 aromatic rings. The lowest BCUT2D eigenvalue weighted by atomic mass is 9.74. The molecule has 1 aliphatic carbocycles. The number of nitrogens with one attached hydrogen (secondary N) is 1. The molecule has 17 heavy (non-hydrogen) atoms. The zero-order valence-corrected chi connectivity index (χ0v) is 12.5. The van der Waals surface area contributed by atoms with Crippen LogP contribution in [0.2, 0.25) is 0 Å². The lowest BCUT2D eigenvalue weighted by Gasteiger charge is -2.32. The minimum Gasteiger partial charge on any atom is -0.314 e. The third-order valence-electron chi connectivity index (χ3n) is 4.81. The van der Waals surface area contributed by atoms with E-state index in [1.54, 1.807) is 0 Å². The van der Waals surface area contributed by atoms with Crippen molar-refractivity contribution in [1.29, 1.82) is 0 Å². The van der Waals surface area contributed by atoms with Gasteiger partial charge >= 0.3 is 0 Å². The van der Waals surface area contributed by atoms with Gasteiger partial charge in [0.2, 0.25) is 0 Å². The summed E-state index contributed by atoms with van der Waals surface area (Å²) in [5.41, 5.74) is 0. The topological polar surface area (TPSA) is 12.0 Å². The molecule has 0 amide bonds. The summed E-state index contributed by atoms with van der Waals surface area (Å²) < 4.78 is 0. The van der Waals surface area contributed by atoms with Crippen LogP contribution in [0.4, 0.5) is 0 Å². The van der Waals surface area contributed by atoms with Crippen LogP contribution in [-0.4, -0.2) is 12.6 Å². The summed E-state index contributed by atoms with van der Waals surface area (Å²) in [6.45, 7) is 10.6. The minimum atomic E-state index is 0.768. The summed E-state index contributed by atoms with van der Waals surface area (Å²) in [6, 6.07) is 0.768. The molecule has 1 heteroatoms. The van der Waals surface area contributed by atoms with Crippen molar-refractivity contribution in [2.45, 2.75) is 78.7 Å². The Bertz CT molecular complexity index is 190. The molecule has 1 N–H and O–H groups in total. The van der Waals surface area contributed by atoms with Gasteiger partial charge in [-0.3, -0.25) is 0 Å². The van der Waals surface area contributed by atoms with E-state index in [0.717, 1.165) is 23.8 Å². The molecule has 0 aromatic carbocycles. The summed E-state index contributed by atoms with van der Waals surface area (Å²) in [4.78, 5) is 0. The highest BCUT2D eigenvalue weighted by molar-refractivity contribution is 4.77. The van der Waals surface area contributed by atoms with Crippen LogP contribution in [0.25, 0.3) is 0 Å². The third-order valence-corrected chi connectivity index (χ3v) is 4.81. The summed E-state index contributed by atoms with van der Waals surface area (Å²) in [5.74, 6) is 2.93. The Labute approximate surface area is 109 Å². The average molecular weight is 239 g/mol. The van der Waals surface area contributed by atoms with Crippen molar-refractivity contribution in [3.05, 3.63) is 0 Å². The van der Waals surface area contributed by atoms with Gasteiger partial charge in [0.15, 0.2) is 0 Å². The Morgan fingerprint density at radius 1 is 1.12 bits per heavy atom. The Kier molecular flexibility index (Phi) is 7.18. The van der Waals surface area contributed by atoms with Gasteiger partial charge in [-0.25, -0.2) is 0 Å². The first-order valence-electron chi connectivity index (χ1n) is 7.90. The Morgan fingerprint density at radius 2 is 1.88 bits per heavy atom. The van der Waals surface area contributed by atoms with Crippen LogP contribution >= 0.6 is 0 Å². The van der Waals surface area contributed by atoms with E-state index in [0.29, 0.717) is 0 Å². The molecule has 1 nitrogen and oxygen atoms in total. The molecular formula is C16H33N. The van der Waals surface area contributed by atoms with Gasteiger partial charge in [0, 0.05) is 6.04 Å². The Hall–Kier alpha value is -0.0400. The van der Waals surface area contributed by atoms with E-state index >= 15 is 0 Å². The normalized spacial score (nSPS) is 31.4. The maximum atomic E-state index is 3.68. The predicted octanol–water partition coefficient (Wildman–Crippen LogP) is 4.62. The van der Waals surface area contributed by atoms with E-state index in [2.05, 4.69) is 33.0 Å². The van der Waals surface area contributed by atoms with Crippen molar-refractivity contribution in [2.75, 3.05) is 6.54 Å². The highest BCUT2D eigenvalue weighted by Gasteiger charge is 2.24. The van der Waals surface area contributed by atoms with E-state index in [4.69, 9.17) is 0 Å². The quantitative estimate of drug-likeness (QED) is 0.683. The fraction of sp³-hybridized carbons (Fsp3) is 1.00. The van der Waals surface area contributed by atoms with Gasteiger partial charge in [-0.1, -0.05) is 40.5 Å². The van der Waals surface area contributed by atoms with Crippen LogP contribution in [0.5, 0.6) is 0 Å². The molecular weight excluding hydrogens is 206 g/mol. The van der Waals surface area contributed by atoms with Crippen LogP contribution in [0.3, 0.4) is 0 Å². The molecule has 0 saturated heterocycles. The van der Waals surface area contributed by atoms with E-state index in [9.17, 15) is 0 Å². The first-order chi connectivity index (χ1) is 8.17. The Morgan fingerprint density at radius 3 is 2.47 bits per heavy atom. The van der Waals surface area contributed by atoms with Crippen molar-refractivity contribution < 1.29 is 0 Å². The van der Waals surface area contributed by atoms with E-state index in [-0.39, 0.29) is 0 Å². The molecule has 0 bridgehead atoms. The largest absolute Gasteiger partial charge is 0.314 e. The van der Waals surface area contributed by atoms with Crippen molar-refractivity contribution in [3.8, 4) is 0 Å². The molecule has 102 valence electrons. The van der Waals surface area contributed by atoms with Crippen LogP contribution in [-0.2, 0) is 0 Å². The van der Waals surface area contributed by atoms with Crippen molar-refractivity contribution in [2.24, 2.45) is 17.8 Å². The summed E-state index contributed by atoms with van der Waals surface area (Å²) >= 11 is 0. The number of hydrogen-bond acceptors (Lipinski definition) is 1. The molecule has 0 aromatic heterocycles. The lowest BCUT2D eigenvalue weighted by molar-refractivity contribution is 0.193. The van der Waals surface area contributed by atoms with Gasteiger partial charge in [0.05, 0.1) is 0 Å². The van der Waals surface area contributed by atoms with Gasteiger partial charge in [0.25, 0.3) is 0 Å². The highest BCUT2D eigenvalue weighted by Crippen LogP contribution is 2.35. The van der Waals surface area contributed by atoms with Crippen LogP contribution in [0.15, 0.2) is 0 Å². The molecule has 0 spiro atoms. The first kappa shape index (κ1) is 15.0. The second-order valence-electron chi connectivity index (χ2n) is 6.27. The fourth-order valence-corrected chi connectivity index (χ4v) is 3.16. The first-order valence-corrected chi connectivity index (χ1v) is 7.90. The zero-order valence-electron chi connectivity index (χ0n) is 12.5. The van der Waals surface area contributed by atoms with Crippen LogP contribution < -0.4 is 5.32 Å². The number of hydrogen-bond donors (Lipinski definition) is 1. The van der Waals surface area contributed by atoms with Gasteiger partial charge in [-0.2, -0.15) is 0 Å². The minimum absolute atomic E-state index is 0.768. The molecule has 4 atom stereocenters. The maximum absolute atomic E-state index is 3.68.